The topological polar surface area (TPSA) is 61.8 Å². The molecule has 2 aromatic rings. The molecule has 4 heteroatoms. The van der Waals surface area contributed by atoms with Crippen LogP contribution in [0.1, 0.15) is 22.3 Å². The summed E-state index contributed by atoms with van der Waals surface area (Å²) in [5, 5.41) is 12.1. The Balaban J connectivity index is 2.01. The number of nitrogens with two attached hydrogens (primary N) is 1. The number of oxime groups is 1. The van der Waals surface area contributed by atoms with Crippen molar-refractivity contribution < 1.29 is 5.21 Å². The molecular formula is C16H17N3O. The first-order valence-electron chi connectivity index (χ1n) is 6.59. The van der Waals surface area contributed by atoms with E-state index in [1.807, 2.05) is 25.1 Å². The second-order valence-corrected chi connectivity index (χ2v) is 5.13. The standard InChI is InChI=1S/C16H17N3O/c1-11-6-7-15(14(8-11)16(17)18-20)19-9-12-4-2-3-5-13(12)10-19/h2-8,20H,9-10H2,1H3,(H2,17,18). The molecule has 0 amide bonds. The van der Waals surface area contributed by atoms with Gasteiger partial charge in [-0.25, -0.2) is 0 Å². The van der Waals surface area contributed by atoms with Gasteiger partial charge in [0.25, 0.3) is 0 Å². The van der Waals surface area contributed by atoms with E-state index < -0.39 is 0 Å². The van der Waals surface area contributed by atoms with Crippen LogP contribution in [0.15, 0.2) is 47.6 Å². The molecule has 0 fully saturated rings. The summed E-state index contributed by atoms with van der Waals surface area (Å²) in [6.07, 6.45) is 0. The summed E-state index contributed by atoms with van der Waals surface area (Å²) < 4.78 is 0. The Hall–Kier alpha value is -2.49. The minimum absolute atomic E-state index is 0.152. The molecule has 0 bridgehead atoms. The Bertz CT molecular complexity index is 654. The van der Waals surface area contributed by atoms with Crippen LogP contribution in [0.3, 0.4) is 0 Å². The third kappa shape index (κ3) is 2.09. The van der Waals surface area contributed by atoms with Gasteiger partial charge in [0, 0.05) is 24.3 Å². The average molecular weight is 267 g/mol. The fourth-order valence-electron chi connectivity index (χ4n) is 2.69. The normalized spacial score (nSPS) is 14.4. The van der Waals surface area contributed by atoms with Crippen molar-refractivity contribution in [3.8, 4) is 0 Å². The van der Waals surface area contributed by atoms with Crippen molar-refractivity contribution in [3.05, 3.63) is 64.7 Å². The van der Waals surface area contributed by atoms with Gasteiger partial charge in [-0.2, -0.15) is 0 Å². The number of anilines is 1. The van der Waals surface area contributed by atoms with Crippen LogP contribution in [0.5, 0.6) is 0 Å². The van der Waals surface area contributed by atoms with Crippen LogP contribution in [0.25, 0.3) is 0 Å². The zero-order chi connectivity index (χ0) is 14.1. The number of amidine groups is 1. The average Bonchev–Trinajstić information content (AvgIpc) is 2.90. The van der Waals surface area contributed by atoms with Crippen molar-refractivity contribution in [3.63, 3.8) is 0 Å². The Morgan fingerprint density at radius 2 is 1.80 bits per heavy atom. The lowest BCUT2D eigenvalue weighted by Gasteiger charge is -2.21. The summed E-state index contributed by atoms with van der Waals surface area (Å²) in [6, 6.07) is 14.4. The van der Waals surface area contributed by atoms with E-state index in [4.69, 9.17) is 10.9 Å². The quantitative estimate of drug-likeness (QED) is 0.380. The zero-order valence-corrected chi connectivity index (χ0v) is 11.4. The van der Waals surface area contributed by atoms with Crippen molar-refractivity contribution in [2.45, 2.75) is 20.0 Å². The van der Waals surface area contributed by atoms with Gasteiger partial charge in [0.1, 0.15) is 0 Å². The SMILES string of the molecule is Cc1ccc(N2Cc3ccccc3C2)c(/C(N)=N/O)c1. The number of hydrogen-bond donors (Lipinski definition) is 2. The molecule has 102 valence electrons. The van der Waals surface area contributed by atoms with Gasteiger partial charge < -0.3 is 15.8 Å². The van der Waals surface area contributed by atoms with Gasteiger partial charge >= 0.3 is 0 Å². The monoisotopic (exact) mass is 267 g/mol. The van der Waals surface area contributed by atoms with Crippen LogP contribution in [0.4, 0.5) is 5.69 Å². The molecule has 20 heavy (non-hydrogen) atoms. The van der Waals surface area contributed by atoms with E-state index in [1.54, 1.807) is 0 Å². The van der Waals surface area contributed by atoms with E-state index in [1.165, 1.54) is 11.1 Å². The van der Waals surface area contributed by atoms with Crippen molar-refractivity contribution in [2.75, 3.05) is 4.90 Å². The van der Waals surface area contributed by atoms with E-state index in [0.717, 1.165) is 29.9 Å². The number of fused-ring (bicyclic) bond motifs is 1. The molecule has 0 aliphatic carbocycles. The molecule has 3 rings (SSSR count). The lowest BCUT2D eigenvalue weighted by Crippen LogP contribution is -2.22. The maximum absolute atomic E-state index is 8.96. The van der Waals surface area contributed by atoms with E-state index in [-0.39, 0.29) is 5.84 Å². The number of rotatable bonds is 2. The van der Waals surface area contributed by atoms with Crippen molar-refractivity contribution in [2.24, 2.45) is 10.9 Å². The summed E-state index contributed by atoms with van der Waals surface area (Å²) >= 11 is 0. The van der Waals surface area contributed by atoms with Crippen LogP contribution >= 0.6 is 0 Å². The molecule has 0 spiro atoms. The Morgan fingerprint density at radius 3 is 2.40 bits per heavy atom. The maximum Gasteiger partial charge on any atom is 0.172 e. The molecule has 0 saturated heterocycles. The number of benzene rings is 2. The van der Waals surface area contributed by atoms with Crippen LogP contribution < -0.4 is 10.6 Å². The molecule has 0 radical (unpaired) electrons. The first-order valence-corrected chi connectivity index (χ1v) is 6.59. The molecule has 0 aromatic heterocycles. The fourth-order valence-corrected chi connectivity index (χ4v) is 2.69. The molecular weight excluding hydrogens is 250 g/mol. The fraction of sp³-hybridized carbons (Fsp3) is 0.188. The minimum Gasteiger partial charge on any atom is -0.409 e. The first-order chi connectivity index (χ1) is 9.69. The van der Waals surface area contributed by atoms with Gasteiger partial charge in [0.15, 0.2) is 5.84 Å². The smallest absolute Gasteiger partial charge is 0.172 e. The molecule has 3 N–H and O–H groups in total. The van der Waals surface area contributed by atoms with E-state index >= 15 is 0 Å². The van der Waals surface area contributed by atoms with Crippen LogP contribution in [0, 0.1) is 6.92 Å². The summed E-state index contributed by atoms with van der Waals surface area (Å²) in [5.41, 5.74) is 11.3. The summed E-state index contributed by atoms with van der Waals surface area (Å²) in [7, 11) is 0. The Kier molecular flexibility index (Phi) is 3.06. The number of nitrogens with zero attached hydrogens (tertiary/aromatic N) is 2. The minimum atomic E-state index is 0.152. The molecule has 1 aliphatic rings. The van der Waals surface area contributed by atoms with Crippen molar-refractivity contribution in [1.82, 2.24) is 0 Å². The largest absolute Gasteiger partial charge is 0.409 e. The van der Waals surface area contributed by atoms with Gasteiger partial charge in [0.2, 0.25) is 0 Å². The second kappa shape index (κ2) is 4.89. The van der Waals surface area contributed by atoms with Crippen molar-refractivity contribution >= 4 is 11.5 Å². The van der Waals surface area contributed by atoms with Gasteiger partial charge in [-0.3, -0.25) is 0 Å². The molecule has 0 unspecified atom stereocenters. The molecule has 1 heterocycles. The van der Waals surface area contributed by atoms with Crippen LogP contribution in [-0.4, -0.2) is 11.0 Å². The van der Waals surface area contributed by atoms with Gasteiger partial charge in [0.05, 0.1) is 0 Å². The van der Waals surface area contributed by atoms with Gasteiger partial charge in [-0.05, 0) is 30.2 Å². The molecule has 2 aromatic carbocycles. The first kappa shape index (κ1) is 12.5. The Morgan fingerprint density at radius 1 is 1.15 bits per heavy atom. The molecule has 0 saturated carbocycles. The lowest BCUT2D eigenvalue weighted by molar-refractivity contribution is 0.318. The van der Waals surface area contributed by atoms with Crippen molar-refractivity contribution in [1.29, 1.82) is 0 Å². The van der Waals surface area contributed by atoms with E-state index in [2.05, 4.69) is 34.3 Å². The summed E-state index contributed by atoms with van der Waals surface area (Å²) in [4.78, 5) is 2.25. The summed E-state index contributed by atoms with van der Waals surface area (Å²) in [6.45, 7) is 3.70. The van der Waals surface area contributed by atoms with E-state index in [0.29, 0.717) is 0 Å². The Labute approximate surface area is 118 Å². The highest BCUT2D eigenvalue weighted by Gasteiger charge is 2.21. The highest BCUT2D eigenvalue weighted by atomic mass is 16.4. The third-order valence-corrected chi connectivity index (χ3v) is 3.72. The number of hydrogen-bond acceptors (Lipinski definition) is 3. The highest BCUT2D eigenvalue weighted by molar-refractivity contribution is 6.02. The van der Waals surface area contributed by atoms with Crippen LogP contribution in [0.2, 0.25) is 0 Å². The highest BCUT2D eigenvalue weighted by Crippen LogP contribution is 2.31. The van der Waals surface area contributed by atoms with Gasteiger partial charge in [-0.15, -0.1) is 0 Å². The summed E-state index contributed by atoms with van der Waals surface area (Å²) in [5.74, 6) is 0.152. The molecule has 4 nitrogen and oxygen atoms in total. The van der Waals surface area contributed by atoms with E-state index in [9.17, 15) is 0 Å². The number of aryl methyl sites for hydroxylation is 1. The van der Waals surface area contributed by atoms with Crippen LogP contribution in [-0.2, 0) is 13.1 Å². The predicted octanol–water partition coefficient (Wildman–Crippen LogP) is 2.61. The third-order valence-electron chi connectivity index (χ3n) is 3.72. The maximum atomic E-state index is 8.96. The molecule has 1 aliphatic heterocycles. The second-order valence-electron chi connectivity index (χ2n) is 5.13. The lowest BCUT2D eigenvalue weighted by atomic mass is 10.1. The molecule has 0 atom stereocenters. The predicted molar refractivity (Wildman–Crippen MR) is 80.0 cm³/mol. The van der Waals surface area contributed by atoms with Gasteiger partial charge in [-0.1, -0.05) is 41.1 Å². The zero-order valence-electron chi connectivity index (χ0n) is 11.4.